The first-order valence-corrected chi connectivity index (χ1v) is 8.35. The van der Waals surface area contributed by atoms with E-state index in [2.05, 4.69) is 10.5 Å². The van der Waals surface area contributed by atoms with E-state index in [1.165, 1.54) is 0 Å². The minimum atomic E-state index is -0.00652. The van der Waals surface area contributed by atoms with E-state index in [-0.39, 0.29) is 11.8 Å². The number of aromatic nitrogens is 2. The van der Waals surface area contributed by atoms with Crippen LogP contribution in [0.25, 0.3) is 16.9 Å². The molecule has 0 bridgehead atoms. The molecule has 1 saturated carbocycles. The van der Waals surface area contributed by atoms with Crippen LogP contribution in [0.5, 0.6) is 0 Å². The first-order chi connectivity index (χ1) is 12.3. The van der Waals surface area contributed by atoms with E-state index in [1.807, 2.05) is 71.5 Å². The highest BCUT2D eigenvalue weighted by molar-refractivity contribution is 5.90. The third-order valence-electron chi connectivity index (χ3n) is 4.14. The maximum atomic E-state index is 11.7. The predicted molar refractivity (Wildman–Crippen MR) is 97.5 cm³/mol. The van der Waals surface area contributed by atoms with Gasteiger partial charge in [-0.25, -0.2) is 10.1 Å². The molecule has 3 aromatic rings. The number of nitrogens with zero attached hydrogens (tertiary/aromatic N) is 3. The van der Waals surface area contributed by atoms with Gasteiger partial charge in [0.25, 0.3) is 0 Å². The predicted octanol–water partition coefficient (Wildman–Crippen LogP) is 3.40. The van der Waals surface area contributed by atoms with Crippen molar-refractivity contribution in [3.63, 3.8) is 0 Å². The molecule has 0 atom stereocenters. The molecule has 5 nitrogen and oxygen atoms in total. The van der Waals surface area contributed by atoms with E-state index < -0.39 is 0 Å². The Bertz CT molecular complexity index is 896. The summed E-state index contributed by atoms with van der Waals surface area (Å²) in [6.07, 6.45) is 5.50. The summed E-state index contributed by atoms with van der Waals surface area (Å²) < 4.78 is 1.83. The molecule has 0 unspecified atom stereocenters. The Morgan fingerprint density at radius 3 is 2.44 bits per heavy atom. The van der Waals surface area contributed by atoms with Gasteiger partial charge in [0.15, 0.2) is 0 Å². The van der Waals surface area contributed by atoms with Crippen molar-refractivity contribution in [3.05, 3.63) is 72.4 Å². The van der Waals surface area contributed by atoms with Crippen LogP contribution in [-0.2, 0) is 4.79 Å². The molecule has 1 heterocycles. The molecule has 1 N–H and O–H groups in total. The van der Waals surface area contributed by atoms with Crippen LogP contribution in [-0.4, -0.2) is 21.9 Å². The van der Waals surface area contributed by atoms with Crippen molar-refractivity contribution in [2.45, 2.75) is 12.8 Å². The lowest BCUT2D eigenvalue weighted by atomic mass is 10.1. The Labute approximate surface area is 146 Å². The fraction of sp³-hybridized carbons (Fsp3) is 0.150. The highest BCUT2D eigenvalue weighted by Crippen LogP contribution is 2.28. The first-order valence-electron chi connectivity index (χ1n) is 8.35. The molecule has 124 valence electrons. The number of nitrogens with one attached hydrogen (secondary N) is 1. The molecular formula is C20H18N4O. The summed E-state index contributed by atoms with van der Waals surface area (Å²) in [7, 11) is 0. The van der Waals surface area contributed by atoms with Crippen molar-refractivity contribution < 1.29 is 4.79 Å². The average Bonchev–Trinajstić information content (AvgIpc) is 3.43. The summed E-state index contributed by atoms with van der Waals surface area (Å²) in [6, 6.07) is 19.9. The number of benzene rings is 2. The molecule has 1 aliphatic rings. The highest BCUT2D eigenvalue weighted by atomic mass is 16.2. The molecule has 2 aromatic carbocycles. The van der Waals surface area contributed by atoms with Crippen LogP contribution in [0.4, 0.5) is 0 Å². The number of hydrazone groups is 1. The Balaban J connectivity index is 1.66. The second kappa shape index (κ2) is 6.73. The Morgan fingerprint density at radius 1 is 1.08 bits per heavy atom. The smallest absolute Gasteiger partial charge is 0.243 e. The molecule has 25 heavy (non-hydrogen) atoms. The molecule has 0 saturated heterocycles. The summed E-state index contributed by atoms with van der Waals surface area (Å²) in [5.74, 6) is 0.130. The normalized spacial score (nSPS) is 13.9. The van der Waals surface area contributed by atoms with Gasteiger partial charge in [0.1, 0.15) is 5.69 Å². The molecule has 1 aliphatic carbocycles. The highest BCUT2D eigenvalue weighted by Gasteiger charge is 2.29. The summed E-state index contributed by atoms with van der Waals surface area (Å²) in [4.78, 5) is 11.7. The number of amides is 1. The molecule has 4 rings (SSSR count). The standard InChI is InChI=1S/C20H18N4O/c25-20(16-11-12-16)22-21-13-17-14-24(18-9-5-2-6-10-18)23-19(17)15-7-3-1-4-8-15/h1-10,13-14,16H,11-12H2,(H,22,25)/b21-13+. The molecule has 0 radical (unpaired) electrons. The summed E-state index contributed by atoms with van der Waals surface area (Å²) in [6.45, 7) is 0. The lowest BCUT2D eigenvalue weighted by molar-refractivity contribution is -0.122. The molecule has 0 aliphatic heterocycles. The summed E-state index contributed by atoms with van der Waals surface area (Å²) >= 11 is 0. The lowest BCUT2D eigenvalue weighted by Gasteiger charge is -2.00. The molecule has 1 aromatic heterocycles. The molecule has 1 amide bonds. The fourth-order valence-electron chi connectivity index (χ4n) is 2.62. The van der Waals surface area contributed by atoms with E-state index in [9.17, 15) is 4.79 Å². The van der Waals surface area contributed by atoms with E-state index >= 15 is 0 Å². The Hall–Kier alpha value is -3.21. The van der Waals surface area contributed by atoms with Crippen molar-refractivity contribution in [3.8, 4) is 16.9 Å². The van der Waals surface area contributed by atoms with E-state index in [0.717, 1.165) is 35.3 Å². The number of hydrogen-bond acceptors (Lipinski definition) is 3. The van der Waals surface area contributed by atoms with Gasteiger partial charge in [-0.05, 0) is 25.0 Å². The fourth-order valence-corrected chi connectivity index (χ4v) is 2.62. The number of carbonyl (C=O) groups excluding carboxylic acids is 1. The molecule has 5 heteroatoms. The SMILES string of the molecule is O=C(N/N=C/c1cn(-c2ccccc2)nc1-c1ccccc1)C1CC1. The van der Waals surface area contributed by atoms with Crippen LogP contribution in [0.15, 0.2) is 72.0 Å². The van der Waals surface area contributed by atoms with Gasteiger partial charge in [-0.15, -0.1) is 0 Å². The van der Waals surface area contributed by atoms with Gasteiger partial charge < -0.3 is 0 Å². The maximum absolute atomic E-state index is 11.7. The van der Waals surface area contributed by atoms with Crippen molar-refractivity contribution >= 4 is 12.1 Å². The van der Waals surface area contributed by atoms with Crippen LogP contribution >= 0.6 is 0 Å². The first kappa shape index (κ1) is 15.3. The van der Waals surface area contributed by atoms with Gasteiger partial charge >= 0.3 is 0 Å². The largest absolute Gasteiger partial charge is 0.273 e. The lowest BCUT2D eigenvalue weighted by Crippen LogP contribution is -2.18. The molecular weight excluding hydrogens is 312 g/mol. The maximum Gasteiger partial charge on any atom is 0.243 e. The molecule has 1 fully saturated rings. The van der Waals surface area contributed by atoms with Gasteiger partial charge in [0.2, 0.25) is 5.91 Å². The third kappa shape index (κ3) is 3.50. The minimum absolute atomic E-state index is 0.00652. The Kier molecular flexibility index (Phi) is 4.12. The second-order valence-electron chi connectivity index (χ2n) is 6.09. The van der Waals surface area contributed by atoms with Crippen LogP contribution in [0.2, 0.25) is 0 Å². The topological polar surface area (TPSA) is 59.3 Å². The number of rotatable bonds is 5. The van der Waals surface area contributed by atoms with E-state index in [0.29, 0.717) is 0 Å². The summed E-state index contributed by atoms with van der Waals surface area (Å²) in [5.41, 5.74) is 6.27. The third-order valence-corrected chi connectivity index (χ3v) is 4.14. The van der Waals surface area contributed by atoms with Crippen LogP contribution in [0.1, 0.15) is 18.4 Å². The van der Waals surface area contributed by atoms with Crippen molar-refractivity contribution in [1.29, 1.82) is 0 Å². The number of para-hydroxylation sites is 1. The van der Waals surface area contributed by atoms with Crippen molar-refractivity contribution in [1.82, 2.24) is 15.2 Å². The second-order valence-corrected chi connectivity index (χ2v) is 6.09. The number of carbonyl (C=O) groups is 1. The van der Waals surface area contributed by atoms with Gasteiger partial charge in [0.05, 0.1) is 11.9 Å². The summed E-state index contributed by atoms with van der Waals surface area (Å²) in [5, 5.41) is 8.83. The van der Waals surface area contributed by atoms with Crippen LogP contribution in [0, 0.1) is 5.92 Å². The van der Waals surface area contributed by atoms with Gasteiger partial charge in [-0.1, -0.05) is 48.5 Å². The minimum Gasteiger partial charge on any atom is -0.273 e. The van der Waals surface area contributed by atoms with Gasteiger partial charge in [0, 0.05) is 23.2 Å². The number of hydrogen-bond donors (Lipinski definition) is 1. The Morgan fingerprint density at radius 2 is 1.76 bits per heavy atom. The van der Waals surface area contributed by atoms with Crippen molar-refractivity contribution in [2.75, 3.05) is 0 Å². The zero-order chi connectivity index (χ0) is 17.1. The van der Waals surface area contributed by atoms with Crippen LogP contribution in [0.3, 0.4) is 0 Å². The van der Waals surface area contributed by atoms with E-state index in [4.69, 9.17) is 5.10 Å². The zero-order valence-corrected chi connectivity index (χ0v) is 13.7. The van der Waals surface area contributed by atoms with Gasteiger partial charge in [-0.3, -0.25) is 4.79 Å². The van der Waals surface area contributed by atoms with Crippen molar-refractivity contribution in [2.24, 2.45) is 11.0 Å². The quantitative estimate of drug-likeness (QED) is 0.576. The van der Waals surface area contributed by atoms with E-state index in [1.54, 1.807) is 6.21 Å². The van der Waals surface area contributed by atoms with Crippen LogP contribution < -0.4 is 5.43 Å². The molecule has 0 spiro atoms. The van der Waals surface area contributed by atoms with Gasteiger partial charge in [-0.2, -0.15) is 10.2 Å². The average molecular weight is 330 g/mol. The zero-order valence-electron chi connectivity index (χ0n) is 13.7. The monoisotopic (exact) mass is 330 g/mol.